The third kappa shape index (κ3) is 1.16. The first-order valence-electron chi connectivity index (χ1n) is 4.02. The molecule has 1 aliphatic rings. The summed E-state index contributed by atoms with van der Waals surface area (Å²) >= 11 is 0. The smallest absolute Gasteiger partial charge is 0.140 e. The highest BCUT2D eigenvalue weighted by molar-refractivity contribution is 5.17. The summed E-state index contributed by atoms with van der Waals surface area (Å²) in [7, 11) is 0. The van der Waals surface area contributed by atoms with Crippen molar-refractivity contribution in [2.75, 3.05) is 6.54 Å². The van der Waals surface area contributed by atoms with Gasteiger partial charge in [0, 0.05) is 12.0 Å². The lowest BCUT2D eigenvalue weighted by molar-refractivity contribution is 0.339. The number of aromatic nitrogens is 1. The van der Waals surface area contributed by atoms with Gasteiger partial charge >= 0.3 is 0 Å². The molecule has 60 valence electrons. The molecular weight excluding hydrogens is 140 g/mol. The summed E-state index contributed by atoms with van der Waals surface area (Å²) in [6.07, 6.45) is 5.07. The zero-order valence-electron chi connectivity index (χ0n) is 6.42. The lowest BCUT2D eigenvalue weighted by Crippen LogP contribution is -2.21. The maximum absolute atomic E-state index is 5.57. The van der Waals surface area contributed by atoms with Crippen LogP contribution in [0.3, 0.4) is 0 Å². The molecule has 1 aliphatic carbocycles. The molecule has 0 saturated carbocycles. The lowest BCUT2D eigenvalue weighted by Gasteiger charge is -2.17. The fourth-order valence-corrected chi connectivity index (χ4v) is 1.58. The van der Waals surface area contributed by atoms with Crippen LogP contribution in [0.25, 0.3) is 0 Å². The molecule has 0 aliphatic heterocycles. The number of rotatable bonds is 1. The molecule has 1 atom stereocenters. The van der Waals surface area contributed by atoms with E-state index in [4.69, 9.17) is 10.3 Å². The van der Waals surface area contributed by atoms with Gasteiger partial charge in [-0.3, -0.25) is 0 Å². The highest BCUT2D eigenvalue weighted by Gasteiger charge is 2.20. The third-order valence-corrected chi connectivity index (χ3v) is 2.36. The van der Waals surface area contributed by atoms with Gasteiger partial charge < -0.3 is 10.3 Å². The van der Waals surface area contributed by atoms with E-state index in [2.05, 4.69) is 5.16 Å². The lowest BCUT2D eigenvalue weighted by atomic mass is 9.89. The van der Waals surface area contributed by atoms with Gasteiger partial charge in [0.15, 0.2) is 0 Å². The van der Waals surface area contributed by atoms with Crippen molar-refractivity contribution in [1.82, 2.24) is 5.16 Å². The molecule has 0 fully saturated rings. The second-order valence-electron chi connectivity index (χ2n) is 3.12. The molecule has 11 heavy (non-hydrogen) atoms. The summed E-state index contributed by atoms with van der Waals surface area (Å²) in [6.45, 7) is 0.764. The standard InChI is InChI=1S/C8H12N2O/c9-4-6-1-2-7-5-10-11-8(7)3-6/h5-6H,1-4,9H2. The topological polar surface area (TPSA) is 52.0 Å². The first kappa shape index (κ1) is 6.85. The van der Waals surface area contributed by atoms with Crippen molar-refractivity contribution in [3.05, 3.63) is 17.5 Å². The molecule has 1 heterocycles. The molecule has 1 unspecified atom stereocenters. The molecule has 3 nitrogen and oxygen atoms in total. The van der Waals surface area contributed by atoms with Crippen LogP contribution in [0, 0.1) is 5.92 Å². The Morgan fingerprint density at radius 2 is 2.64 bits per heavy atom. The number of aryl methyl sites for hydroxylation is 1. The largest absolute Gasteiger partial charge is 0.361 e. The van der Waals surface area contributed by atoms with Gasteiger partial charge in [0.1, 0.15) is 5.76 Å². The van der Waals surface area contributed by atoms with E-state index in [9.17, 15) is 0 Å². The van der Waals surface area contributed by atoms with Crippen molar-refractivity contribution in [2.45, 2.75) is 19.3 Å². The van der Waals surface area contributed by atoms with E-state index in [-0.39, 0.29) is 0 Å². The first-order valence-corrected chi connectivity index (χ1v) is 4.02. The van der Waals surface area contributed by atoms with Gasteiger partial charge in [-0.15, -0.1) is 0 Å². The fourth-order valence-electron chi connectivity index (χ4n) is 1.58. The quantitative estimate of drug-likeness (QED) is 0.645. The van der Waals surface area contributed by atoms with Gasteiger partial charge in [0.05, 0.1) is 6.20 Å². The third-order valence-electron chi connectivity index (χ3n) is 2.36. The molecule has 2 N–H and O–H groups in total. The number of nitrogens with two attached hydrogens (primary N) is 1. The van der Waals surface area contributed by atoms with Gasteiger partial charge in [-0.05, 0) is 25.3 Å². The summed E-state index contributed by atoms with van der Waals surface area (Å²) in [5, 5.41) is 3.76. The van der Waals surface area contributed by atoms with Crippen molar-refractivity contribution in [3.8, 4) is 0 Å². The van der Waals surface area contributed by atoms with Gasteiger partial charge in [-0.2, -0.15) is 0 Å². The highest BCUT2D eigenvalue weighted by atomic mass is 16.5. The summed E-state index contributed by atoms with van der Waals surface area (Å²) in [6, 6.07) is 0. The fraction of sp³-hybridized carbons (Fsp3) is 0.625. The molecule has 0 spiro atoms. The molecule has 3 heteroatoms. The second kappa shape index (κ2) is 2.66. The zero-order valence-corrected chi connectivity index (χ0v) is 6.42. The van der Waals surface area contributed by atoms with Crippen LogP contribution in [-0.4, -0.2) is 11.7 Å². The minimum Gasteiger partial charge on any atom is -0.361 e. The van der Waals surface area contributed by atoms with Crippen LogP contribution >= 0.6 is 0 Å². The van der Waals surface area contributed by atoms with Crippen molar-refractivity contribution in [2.24, 2.45) is 11.7 Å². The molecule has 0 saturated heterocycles. The molecule has 0 bridgehead atoms. The Hall–Kier alpha value is -0.830. The van der Waals surface area contributed by atoms with Crippen molar-refractivity contribution >= 4 is 0 Å². The van der Waals surface area contributed by atoms with Gasteiger partial charge in [-0.1, -0.05) is 5.16 Å². The molecule has 1 aromatic heterocycles. The Bertz CT molecular complexity index is 244. The summed E-state index contributed by atoms with van der Waals surface area (Å²) in [5.74, 6) is 1.65. The summed E-state index contributed by atoms with van der Waals surface area (Å²) < 4.78 is 5.08. The number of nitrogens with zero attached hydrogens (tertiary/aromatic N) is 1. The predicted octanol–water partition coefficient (Wildman–Crippen LogP) is 0.738. The van der Waals surface area contributed by atoms with Crippen LogP contribution < -0.4 is 5.73 Å². The number of fused-ring (bicyclic) bond motifs is 1. The Morgan fingerprint density at radius 3 is 3.45 bits per heavy atom. The van der Waals surface area contributed by atoms with Crippen LogP contribution in [0.5, 0.6) is 0 Å². The van der Waals surface area contributed by atoms with Gasteiger partial charge in [0.25, 0.3) is 0 Å². The normalized spacial score (nSPS) is 23.2. The van der Waals surface area contributed by atoms with Gasteiger partial charge in [0.2, 0.25) is 0 Å². The van der Waals surface area contributed by atoms with E-state index in [1.165, 1.54) is 12.0 Å². The van der Waals surface area contributed by atoms with E-state index < -0.39 is 0 Å². The van der Waals surface area contributed by atoms with E-state index in [1.54, 1.807) is 0 Å². The van der Waals surface area contributed by atoms with E-state index >= 15 is 0 Å². The molecule has 1 aromatic rings. The molecule has 0 radical (unpaired) electrons. The summed E-state index contributed by atoms with van der Waals surface area (Å²) in [4.78, 5) is 0. The Morgan fingerprint density at radius 1 is 1.73 bits per heavy atom. The average Bonchev–Trinajstić information content (AvgIpc) is 2.50. The first-order chi connectivity index (χ1) is 5.40. The Labute approximate surface area is 65.6 Å². The minimum absolute atomic E-state index is 0.607. The van der Waals surface area contributed by atoms with Crippen LogP contribution in [0.2, 0.25) is 0 Å². The summed E-state index contributed by atoms with van der Waals surface area (Å²) in [5.41, 5.74) is 6.84. The Kier molecular flexibility index (Phi) is 1.66. The Balaban J connectivity index is 2.18. The van der Waals surface area contributed by atoms with Crippen molar-refractivity contribution in [1.29, 1.82) is 0 Å². The molecule has 0 amide bonds. The van der Waals surface area contributed by atoms with Crippen molar-refractivity contribution in [3.63, 3.8) is 0 Å². The highest BCUT2D eigenvalue weighted by Crippen LogP contribution is 2.23. The monoisotopic (exact) mass is 152 g/mol. The van der Waals surface area contributed by atoms with E-state index in [1.807, 2.05) is 6.20 Å². The number of hydrogen-bond acceptors (Lipinski definition) is 3. The van der Waals surface area contributed by atoms with Crippen LogP contribution in [-0.2, 0) is 12.8 Å². The predicted molar refractivity (Wildman–Crippen MR) is 41.1 cm³/mol. The molecule has 2 rings (SSSR count). The van der Waals surface area contributed by atoms with Gasteiger partial charge in [-0.25, -0.2) is 0 Å². The SMILES string of the molecule is NCC1CCc2cnoc2C1. The molecular formula is C8H12N2O. The van der Waals surface area contributed by atoms with Crippen LogP contribution in [0.15, 0.2) is 10.7 Å². The van der Waals surface area contributed by atoms with Crippen LogP contribution in [0.1, 0.15) is 17.7 Å². The second-order valence-corrected chi connectivity index (χ2v) is 3.12. The van der Waals surface area contributed by atoms with E-state index in [0.717, 1.165) is 25.1 Å². The maximum atomic E-state index is 5.57. The molecule has 0 aromatic carbocycles. The van der Waals surface area contributed by atoms with Crippen LogP contribution in [0.4, 0.5) is 0 Å². The average molecular weight is 152 g/mol. The zero-order chi connectivity index (χ0) is 7.68. The minimum atomic E-state index is 0.607. The van der Waals surface area contributed by atoms with Crippen molar-refractivity contribution < 1.29 is 4.52 Å². The van der Waals surface area contributed by atoms with E-state index in [0.29, 0.717) is 5.92 Å². The maximum Gasteiger partial charge on any atom is 0.140 e. The number of hydrogen-bond donors (Lipinski definition) is 1.